The number of nitrogens with zero attached hydrogens (tertiary/aromatic N) is 5. The van der Waals surface area contributed by atoms with E-state index in [2.05, 4.69) is 19.6 Å². The molecule has 4 aliphatic rings. The van der Waals surface area contributed by atoms with E-state index in [1.165, 1.54) is 40.0 Å². The van der Waals surface area contributed by atoms with Crippen LogP contribution < -0.4 is 10.6 Å². The van der Waals surface area contributed by atoms with Gasteiger partial charge in [-0.25, -0.2) is 0 Å². The number of hydrogen-bond acceptors (Lipinski definition) is 5. The quantitative estimate of drug-likeness (QED) is 0.634. The Bertz CT molecular complexity index is 638. The first kappa shape index (κ1) is 17.0. The summed E-state index contributed by atoms with van der Waals surface area (Å²) in [7, 11) is 0. The molecular formula is C19H25N7. The highest BCUT2D eigenvalue weighted by atomic mass is 15.7. The smallest absolute Gasteiger partial charge is 0.197 e. The lowest BCUT2D eigenvalue weighted by molar-refractivity contribution is -0.194. The number of benzene rings is 2. The molecule has 26 heavy (non-hydrogen) atoms. The number of para-hydroxylation sites is 2. The van der Waals surface area contributed by atoms with Gasteiger partial charge < -0.3 is 5.73 Å². The van der Waals surface area contributed by atoms with E-state index in [1.54, 1.807) is 4.90 Å². The Morgan fingerprint density at radius 2 is 0.962 bits per heavy atom. The fraction of sp³-hybridized carbons (Fsp3) is 0.316. The van der Waals surface area contributed by atoms with Crippen molar-refractivity contribution in [2.75, 3.05) is 44.9 Å². The monoisotopic (exact) mass is 351 g/mol. The Hall–Kier alpha value is -2.45. The molecular weight excluding hydrogens is 326 g/mol. The van der Waals surface area contributed by atoms with E-state index >= 15 is 0 Å². The van der Waals surface area contributed by atoms with Crippen LogP contribution in [0.25, 0.3) is 0 Å². The maximum Gasteiger partial charge on any atom is 0.197 e. The molecule has 2 aromatic rings. The molecule has 0 aromatic heterocycles. The Kier molecular flexibility index (Phi) is 4.85. The van der Waals surface area contributed by atoms with Crippen LogP contribution >= 0.6 is 0 Å². The van der Waals surface area contributed by atoms with Gasteiger partial charge in [-0.3, -0.25) is 29.9 Å². The van der Waals surface area contributed by atoms with Gasteiger partial charge in [0.2, 0.25) is 0 Å². The van der Waals surface area contributed by atoms with Gasteiger partial charge in [0.15, 0.2) is 5.96 Å². The minimum Gasteiger partial charge on any atom is -0.369 e. The van der Waals surface area contributed by atoms with Gasteiger partial charge in [-0.2, -0.15) is 0 Å². The van der Waals surface area contributed by atoms with E-state index in [0.29, 0.717) is 0 Å². The third kappa shape index (κ3) is 3.71. The number of nitrogens with two attached hydrogens (primary N) is 1. The molecule has 6 rings (SSSR count). The first-order valence-electron chi connectivity index (χ1n) is 8.83. The van der Waals surface area contributed by atoms with Crippen molar-refractivity contribution < 1.29 is 0 Å². The van der Waals surface area contributed by atoms with Gasteiger partial charge in [0, 0.05) is 11.4 Å². The topological polar surface area (TPSA) is 66.1 Å². The molecule has 0 spiro atoms. The van der Waals surface area contributed by atoms with E-state index in [9.17, 15) is 0 Å². The molecule has 0 unspecified atom stereocenters. The van der Waals surface area contributed by atoms with Crippen molar-refractivity contribution in [3.8, 4) is 0 Å². The zero-order chi connectivity index (χ0) is 17.9. The summed E-state index contributed by atoms with van der Waals surface area (Å²) in [5, 5.41) is 7.63. The Morgan fingerprint density at radius 1 is 0.654 bits per heavy atom. The molecule has 4 aliphatic heterocycles. The molecule has 136 valence electrons. The van der Waals surface area contributed by atoms with Crippen LogP contribution in [0.15, 0.2) is 60.7 Å². The number of guanidine groups is 1. The summed E-state index contributed by atoms with van der Waals surface area (Å²) in [6.07, 6.45) is 0. The van der Waals surface area contributed by atoms with Crippen molar-refractivity contribution in [2.24, 2.45) is 5.73 Å². The molecule has 0 atom stereocenters. The van der Waals surface area contributed by atoms with Crippen LogP contribution in [-0.2, 0) is 0 Å². The molecule has 7 nitrogen and oxygen atoms in total. The summed E-state index contributed by atoms with van der Waals surface area (Å²) in [5.74, 6) is 0.0115. The van der Waals surface area contributed by atoms with Crippen molar-refractivity contribution in [3.05, 3.63) is 60.7 Å². The van der Waals surface area contributed by atoms with Crippen LogP contribution in [0.5, 0.6) is 0 Å². The molecule has 0 amide bonds. The van der Waals surface area contributed by atoms with Crippen LogP contribution in [0.3, 0.4) is 0 Å². The average Bonchev–Trinajstić information content (AvgIpc) is 2.63. The van der Waals surface area contributed by atoms with Gasteiger partial charge in [-0.15, -0.1) is 0 Å². The summed E-state index contributed by atoms with van der Waals surface area (Å²) in [4.78, 5) is 11.6. The zero-order valence-electron chi connectivity index (χ0n) is 14.8. The minimum atomic E-state index is 0.0115. The molecule has 0 aliphatic carbocycles. The van der Waals surface area contributed by atoms with Crippen molar-refractivity contribution in [1.82, 2.24) is 19.6 Å². The third-order valence-electron chi connectivity index (χ3n) is 4.67. The van der Waals surface area contributed by atoms with Gasteiger partial charge in [0.25, 0.3) is 0 Å². The summed E-state index contributed by atoms with van der Waals surface area (Å²) in [6.45, 7) is 7.12. The van der Waals surface area contributed by atoms with E-state index in [1.807, 2.05) is 60.7 Å². The van der Waals surface area contributed by atoms with Gasteiger partial charge in [0.1, 0.15) is 0 Å². The molecule has 4 fully saturated rings. The zero-order valence-corrected chi connectivity index (χ0v) is 14.8. The number of nitrogens with one attached hydrogen (secondary N) is 1. The number of anilines is 2. The Morgan fingerprint density at radius 3 is 1.23 bits per heavy atom. The summed E-state index contributed by atoms with van der Waals surface area (Å²) in [6, 6.07) is 19.3. The summed E-state index contributed by atoms with van der Waals surface area (Å²) >= 11 is 0. The largest absolute Gasteiger partial charge is 0.369 e. The molecule has 0 radical (unpaired) electrons. The summed E-state index contributed by atoms with van der Waals surface area (Å²) < 4.78 is 0. The number of hydrogen-bond donors (Lipinski definition) is 2. The standard InChI is InChI=1S/C13H13N3.C6H12N4/c14-13(15)16(11-7-3-1-4-8-11)12-9-5-2-6-10-12;1-7-2-9-4-8(1)5-10(3-7)6-9/h1-10H,(H3,14,15);1-6H2. The lowest BCUT2D eigenvalue weighted by atomic mass is 10.2. The van der Waals surface area contributed by atoms with Crippen LogP contribution in [0.1, 0.15) is 0 Å². The molecule has 4 bridgehead atoms. The molecule has 4 saturated heterocycles. The minimum absolute atomic E-state index is 0.0115. The Balaban J connectivity index is 0.000000142. The van der Waals surface area contributed by atoms with Crippen LogP contribution in [0, 0.1) is 5.41 Å². The van der Waals surface area contributed by atoms with E-state index < -0.39 is 0 Å². The van der Waals surface area contributed by atoms with Crippen LogP contribution in [-0.4, -0.2) is 65.6 Å². The summed E-state index contributed by atoms with van der Waals surface area (Å²) in [5.41, 5.74) is 7.39. The van der Waals surface area contributed by atoms with Crippen molar-refractivity contribution in [3.63, 3.8) is 0 Å². The number of rotatable bonds is 2. The van der Waals surface area contributed by atoms with Crippen molar-refractivity contribution in [2.45, 2.75) is 0 Å². The maximum absolute atomic E-state index is 7.63. The van der Waals surface area contributed by atoms with Gasteiger partial charge >= 0.3 is 0 Å². The predicted octanol–water partition coefficient (Wildman–Crippen LogP) is 1.70. The molecule has 0 saturated carbocycles. The second-order valence-corrected chi connectivity index (χ2v) is 6.92. The van der Waals surface area contributed by atoms with Gasteiger partial charge in [-0.1, -0.05) is 36.4 Å². The van der Waals surface area contributed by atoms with Gasteiger partial charge in [-0.05, 0) is 24.3 Å². The first-order chi connectivity index (χ1) is 12.7. The highest BCUT2D eigenvalue weighted by molar-refractivity contribution is 5.99. The van der Waals surface area contributed by atoms with E-state index in [0.717, 1.165) is 11.4 Å². The molecule has 4 heterocycles. The van der Waals surface area contributed by atoms with Crippen molar-refractivity contribution in [1.29, 1.82) is 5.41 Å². The lowest BCUT2D eigenvalue weighted by Crippen LogP contribution is -2.71. The normalized spacial score (nSPS) is 28.2. The Labute approximate surface area is 154 Å². The molecule has 7 heteroatoms. The highest BCUT2D eigenvalue weighted by Crippen LogP contribution is 2.24. The van der Waals surface area contributed by atoms with E-state index in [-0.39, 0.29) is 5.96 Å². The second-order valence-electron chi connectivity index (χ2n) is 6.92. The molecule has 2 aromatic carbocycles. The van der Waals surface area contributed by atoms with E-state index in [4.69, 9.17) is 11.1 Å². The first-order valence-corrected chi connectivity index (χ1v) is 8.83. The van der Waals surface area contributed by atoms with Gasteiger partial charge in [0.05, 0.1) is 40.0 Å². The fourth-order valence-corrected chi connectivity index (χ4v) is 3.82. The SMILES string of the molecule is C1N2CN3CN1CN(C2)C3.N=C(N)N(c1ccccc1)c1ccccc1. The molecule has 3 N–H and O–H groups in total. The van der Waals surface area contributed by atoms with Crippen LogP contribution in [0.4, 0.5) is 11.4 Å². The average molecular weight is 351 g/mol. The highest BCUT2D eigenvalue weighted by Gasteiger charge is 2.36. The lowest BCUT2D eigenvalue weighted by Gasteiger charge is -2.56. The third-order valence-corrected chi connectivity index (χ3v) is 4.67. The maximum atomic E-state index is 7.63. The second kappa shape index (κ2) is 7.43. The predicted molar refractivity (Wildman–Crippen MR) is 103 cm³/mol. The van der Waals surface area contributed by atoms with Crippen LogP contribution in [0.2, 0.25) is 0 Å². The fourth-order valence-electron chi connectivity index (χ4n) is 3.82. The van der Waals surface area contributed by atoms with Crippen molar-refractivity contribution >= 4 is 17.3 Å².